The number of unbranched alkanes of at least 4 members (excludes halogenated alkanes) is 1. The van der Waals surface area contributed by atoms with Crippen LogP contribution in [0.1, 0.15) is 40.0 Å². The molecule has 0 aromatic carbocycles. The molecule has 0 radical (unpaired) electrons. The Balaban J connectivity index is 3.64. The number of hydrogen-bond donors (Lipinski definition) is 1. The fourth-order valence-corrected chi connectivity index (χ4v) is 2.61. The third kappa shape index (κ3) is 6.22. The largest absolute Gasteiger partial charge is 0.327 e. The van der Waals surface area contributed by atoms with E-state index >= 15 is 0 Å². The van der Waals surface area contributed by atoms with Gasteiger partial charge in [0.2, 0.25) is 0 Å². The van der Waals surface area contributed by atoms with E-state index in [2.05, 4.69) is 20.8 Å². The van der Waals surface area contributed by atoms with E-state index in [0.717, 1.165) is 25.0 Å². The normalized spacial score (nSPS) is 18.2. The summed E-state index contributed by atoms with van der Waals surface area (Å²) < 4.78 is 11.5. The Morgan fingerprint density at radius 1 is 1.38 bits per heavy atom. The van der Waals surface area contributed by atoms with Crippen molar-refractivity contribution in [2.24, 2.45) is 11.7 Å². The number of hydrogen-bond acceptors (Lipinski definition) is 2. The summed E-state index contributed by atoms with van der Waals surface area (Å²) in [6.45, 7) is 6.37. The highest BCUT2D eigenvalue weighted by atomic mass is 32.2. The van der Waals surface area contributed by atoms with Crippen LogP contribution in [0.4, 0.5) is 0 Å². The molecule has 0 saturated carbocycles. The molecule has 0 aliphatic rings. The molecule has 0 bridgehead atoms. The van der Waals surface area contributed by atoms with Crippen molar-refractivity contribution in [3.8, 4) is 0 Å². The van der Waals surface area contributed by atoms with Gasteiger partial charge in [0.1, 0.15) is 0 Å². The number of rotatable bonds is 7. The summed E-state index contributed by atoms with van der Waals surface area (Å²) >= 11 is 0. The minimum absolute atomic E-state index is 0.114. The van der Waals surface area contributed by atoms with Gasteiger partial charge in [0.15, 0.2) is 0 Å². The van der Waals surface area contributed by atoms with Gasteiger partial charge in [-0.2, -0.15) is 0 Å². The summed E-state index contributed by atoms with van der Waals surface area (Å²) in [5.41, 5.74) is 5.91. The quantitative estimate of drug-likeness (QED) is 0.690. The molecule has 0 aliphatic heterocycles. The van der Waals surface area contributed by atoms with Gasteiger partial charge in [-0.1, -0.05) is 33.6 Å². The van der Waals surface area contributed by atoms with Gasteiger partial charge in [0.25, 0.3) is 0 Å². The van der Waals surface area contributed by atoms with E-state index < -0.39 is 10.8 Å². The highest BCUT2D eigenvalue weighted by molar-refractivity contribution is 7.85. The molecule has 13 heavy (non-hydrogen) atoms. The van der Waals surface area contributed by atoms with Crippen LogP contribution in [0, 0.1) is 5.92 Å². The van der Waals surface area contributed by atoms with Gasteiger partial charge in [-0.25, -0.2) is 0 Å². The first-order valence-corrected chi connectivity index (χ1v) is 6.71. The molecule has 0 aliphatic carbocycles. The van der Waals surface area contributed by atoms with Crippen molar-refractivity contribution in [2.75, 3.05) is 11.5 Å². The Morgan fingerprint density at radius 3 is 2.46 bits per heavy atom. The first-order chi connectivity index (χ1) is 6.11. The molecule has 3 atom stereocenters. The molecule has 0 rings (SSSR count). The SMILES string of the molecule is CCCCS(=O)CC(N)C(C)CC. The molecule has 0 amide bonds. The molecule has 0 aromatic rings. The van der Waals surface area contributed by atoms with Crippen molar-refractivity contribution in [2.45, 2.75) is 46.1 Å². The van der Waals surface area contributed by atoms with Crippen molar-refractivity contribution in [3.05, 3.63) is 0 Å². The Bertz CT molecular complexity index is 150. The third-order valence-electron chi connectivity index (χ3n) is 2.48. The molecule has 0 saturated heterocycles. The summed E-state index contributed by atoms with van der Waals surface area (Å²) in [7, 11) is -0.697. The molecule has 0 aromatic heterocycles. The Morgan fingerprint density at radius 2 is 2.00 bits per heavy atom. The van der Waals surface area contributed by atoms with Crippen LogP contribution >= 0.6 is 0 Å². The minimum atomic E-state index is -0.697. The second-order valence-electron chi connectivity index (χ2n) is 3.71. The summed E-state index contributed by atoms with van der Waals surface area (Å²) in [5.74, 6) is 1.99. The van der Waals surface area contributed by atoms with Gasteiger partial charge >= 0.3 is 0 Å². The summed E-state index contributed by atoms with van der Waals surface area (Å²) in [6.07, 6.45) is 3.25. The molecule has 0 heterocycles. The highest BCUT2D eigenvalue weighted by Gasteiger charge is 2.13. The van der Waals surface area contributed by atoms with Crippen molar-refractivity contribution >= 4 is 10.8 Å². The van der Waals surface area contributed by atoms with Crippen LogP contribution in [0.2, 0.25) is 0 Å². The predicted molar refractivity (Wildman–Crippen MR) is 60.2 cm³/mol. The zero-order chi connectivity index (χ0) is 10.3. The second kappa shape index (κ2) is 7.51. The molecule has 0 spiro atoms. The summed E-state index contributed by atoms with van der Waals surface area (Å²) in [5, 5.41) is 0. The maximum absolute atomic E-state index is 11.5. The zero-order valence-corrected chi connectivity index (χ0v) is 9.90. The molecule has 80 valence electrons. The van der Waals surface area contributed by atoms with Crippen LogP contribution in [0.25, 0.3) is 0 Å². The smallest absolute Gasteiger partial charge is 0.0389 e. The van der Waals surface area contributed by atoms with Crippen molar-refractivity contribution in [1.29, 1.82) is 0 Å². The van der Waals surface area contributed by atoms with E-state index in [1.54, 1.807) is 0 Å². The maximum Gasteiger partial charge on any atom is 0.0389 e. The van der Waals surface area contributed by atoms with E-state index in [9.17, 15) is 4.21 Å². The molecular formula is C10H23NOS. The van der Waals surface area contributed by atoms with Crippen LogP contribution in [0.3, 0.4) is 0 Å². The fourth-order valence-electron chi connectivity index (χ4n) is 1.07. The van der Waals surface area contributed by atoms with Crippen LogP contribution in [-0.2, 0) is 10.8 Å². The molecular weight excluding hydrogens is 182 g/mol. The Kier molecular flexibility index (Phi) is 7.57. The maximum atomic E-state index is 11.5. The lowest BCUT2D eigenvalue weighted by Gasteiger charge is -2.17. The van der Waals surface area contributed by atoms with Gasteiger partial charge < -0.3 is 5.73 Å². The fraction of sp³-hybridized carbons (Fsp3) is 1.00. The van der Waals surface area contributed by atoms with Gasteiger partial charge in [-0.15, -0.1) is 0 Å². The van der Waals surface area contributed by atoms with Gasteiger partial charge in [0.05, 0.1) is 0 Å². The van der Waals surface area contributed by atoms with Crippen LogP contribution in [0.15, 0.2) is 0 Å². The molecule has 3 heteroatoms. The van der Waals surface area contributed by atoms with Gasteiger partial charge in [-0.05, 0) is 12.3 Å². The minimum Gasteiger partial charge on any atom is -0.327 e. The molecule has 3 unspecified atom stereocenters. The number of nitrogens with two attached hydrogens (primary N) is 1. The van der Waals surface area contributed by atoms with E-state index in [0.29, 0.717) is 11.7 Å². The summed E-state index contributed by atoms with van der Waals surface area (Å²) in [4.78, 5) is 0. The van der Waals surface area contributed by atoms with Gasteiger partial charge in [-0.3, -0.25) is 4.21 Å². The lowest BCUT2D eigenvalue weighted by atomic mass is 10.0. The van der Waals surface area contributed by atoms with E-state index in [-0.39, 0.29) is 6.04 Å². The van der Waals surface area contributed by atoms with Gasteiger partial charge in [0, 0.05) is 28.3 Å². The van der Waals surface area contributed by atoms with Crippen molar-refractivity contribution in [3.63, 3.8) is 0 Å². The van der Waals surface area contributed by atoms with E-state index in [1.807, 2.05) is 0 Å². The second-order valence-corrected chi connectivity index (χ2v) is 5.33. The summed E-state index contributed by atoms with van der Waals surface area (Å²) in [6, 6.07) is 0.114. The first kappa shape index (κ1) is 13.1. The average molecular weight is 205 g/mol. The van der Waals surface area contributed by atoms with Crippen LogP contribution in [-0.4, -0.2) is 21.8 Å². The lowest BCUT2D eigenvalue weighted by Crippen LogP contribution is -2.34. The Labute approximate surface area is 84.7 Å². The highest BCUT2D eigenvalue weighted by Crippen LogP contribution is 2.07. The van der Waals surface area contributed by atoms with Crippen molar-refractivity contribution < 1.29 is 4.21 Å². The van der Waals surface area contributed by atoms with Crippen LogP contribution in [0.5, 0.6) is 0 Å². The molecule has 0 fully saturated rings. The molecule has 2 N–H and O–H groups in total. The standard InChI is InChI=1S/C10H23NOS/c1-4-6-7-13(12)8-10(11)9(3)5-2/h9-10H,4-8,11H2,1-3H3. The monoisotopic (exact) mass is 205 g/mol. The van der Waals surface area contributed by atoms with Crippen molar-refractivity contribution in [1.82, 2.24) is 0 Å². The Hall–Kier alpha value is 0.110. The topological polar surface area (TPSA) is 43.1 Å². The average Bonchev–Trinajstić information content (AvgIpc) is 2.13. The molecule has 2 nitrogen and oxygen atoms in total. The lowest BCUT2D eigenvalue weighted by molar-refractivity contribution is 0.472. The van der Waals surface area contributed by atoms with E-state index in [4.69, 9.17) is 5.73 Å². The first-order valence-electron chi connectivity index (χ1n) is 5.22. The zero-order valence-electron chi connectivity index (χ0n) is 9.08. The van der Waals surface area contributed by atoms with E-state index in [1.165, 1.54) is 0 Å². The predicted octanol–water partition coefficient (Wildman–Crippen LogP) is 1.91. The van der Waals surface area contributed by atoms with Crippen LogP contribution < -0.4 is 5.73 Å². The third-order valence-corrected chi connectivity index (χ3v) is 3.98.